The Labute approximate surface area is 82.7 Å². The molecule has 0 saturated heterocycles. The molecule has 0 aromatic carbocycles. The van der Waals surface area contributed by atoms with Crippen molar-refractivity contribution in [3.8, 4) is 11.4 Å². The minimum atomic E-state index is 0.640. The number of aromatic amines is 1. The molecule has 0 saturated carbocycles. The van der Waals surface area contributed by atoms with Crippen molar-refractivity contribution < 1.29 is 0 Å². The topological polar surface area (TPSA) is 59.6 Å². The van der Waals surface area contributed by atoms with E-state index in [-0.39, 0.29) is 0 Å². The first kappa shape index (κ1) is 9.02. The van der Waals surface area contributed by atoms with E-state index in [9.17, 15) is 0 Å². The number of hydrogen-bond donors (Lipinski definition) is 2. The molecule has 3 N–H and O–H groups in total. The molecule has 0 unspecified atom stereocenters. The van der Waals surface area contributed by atoms with E-state index in [4.69, 9.17) is 5.73 Å². The second-order valence-electron chi connectivity index (χ2n) is 3.27. The summed E-state index contributed by atoms with van der Waals surface area (Å²) in [4.78, 5) is 3.16. The minimum absolute atomic E-state index is 0.640. The molecule has 0 aliphatic heterocycles. The highest BCUT2D eigenvalue weighted by molar-refractivity contribution is 5.55. The van der Waals surface area contributed by atoms with Gasteiger partial charge >= 0.3 is 0 Å². The van der Waals surface area contributed by atoms with Crippen LogP contribution in [0.2, 0.25) is 0 Å². The Hall–Kier alpha value is -1.55. The third-order valence-corrected chi connectivity index (χ3v) is 2.20. The van der Waals surface area contributed by atoms with E-state index in [0.29, 0.717) is 6.54 Å². The summed E-state index contributed by atoms with van der Waals surface area (Å²) >= 11 is 0. The lowest BCUT2D eigenvalue weighted by Gasteiger charge is -1.96. The fourth-order valence-electron chi connectivity index (χ4n) is 1.54. The Morgan fingerprint density at radius 2 is 2.43 bits per heavy atom. The molecule has 0 bridgehead atoms. The van der Waals surface area contributed by atoms with E-state index in [1.807, 2.05) is 30.1 Å². The van der Waals surface area contributed by atoms with Crippen LogP contribution in [-0.4, -0.2) is 21.3 Å². The standard InChI is InChI=1S/C10H14N4/c1-14-10(9-3-2-6-12-9)7-8(13-14)4-5-11/h2-3,6-7,12H,4-5,11H2,1H3. The molecule has 0 radical (unpaired) electrons. The van der Waals surface area contributed by atoms with Gasteiger partial charge in [0.05, 0.1) is 17.1 Å². The van der Waals surface area contributed by atoms with Crippen molar-refractivity contribution in [2.75, 3.05) is 6.54 Å². The molecule has 0 fully saturated rings. The summed E-state index contributed by atoms with van der Waals surface area (Å²) < 4.78 is 1.87. The molecule has 2 aromatic heterocycles. The van der Waals surface area contributed by atoms with Gasteiger partial charge in [-0.1, -0.05) is 0 Å². The van der Waals surface area contributed by atoms with Crippen molar-refractivity contribution in [3.05, 3.63) is 30.1 Å². The summed E-state index contributed by atoms with van der Waals surface area (Å²) in [6.07, 6.45) is 2.74. The SMILES string of the molecule is Cn1nc(CCN)cc1-c1ccc[nH]1. The second kappa shape index (κ2) is 3.67. The lowest BCUT2D eigenvalue weighted by atomic mass is 10.2. The van der Waals surface area contributed by atoms with E-state index in [1.54, 1.807) is 0 Å². The number of H-pyrrole nitrogens is 1. The monoisotopic (exact) mass is 190 g/mol. The van der Waals surface area contributed by atoms with Crippen LogP contribution in [0.4, 0.5) is 0 Å². The highest BCUT2D eigenvalue weighted by atomic mass is 15.3. The fourth-order valence-corrected chi connectivity index (χ4v) is 1.54. The second-order valence-corrected chi connectivity index (χ2v) is 3.27. The van der Waals surface area contributed by atoms with Crippen molar-refractivity contribution in [1.82, 2.24) is 14.8 Å². The van der Waals surface area contributed by atoms with Crippen molar-refractivity contribution in [1.29, 1.82) is 0 Å². The van der Waals surface area contributed by atoms with Crippen LogP contribution in [0, 0.1) is 0 Å². The van der Waals surface area contributed by atoms with E-state index < -0.39 is 0 Å². The molecule has 0 aliphatic rings. The van der Waals surface area contributed by atoms with Crippen molar-refractivity contribution in [2.45, 2.75) is 6.42 Å². The molecular formula is C10H14N4. The predicted octanol–water partition coefficient (Wildman–Crippen LogP) is 0.916. The Kier molecular flexibility index (Phi) is 2.37. The van der Waals surface area contributed by atoms with Gasteiger partial charge in [0.1, 0.15) is 0 Å². The Morgan fingerprint density at radius 1 is 1.57 bits per heavy atom. The van der Waals surface area contributed by atoms with Gasteiger partial charge in [0.2, 0.25) is 0 Å². The van der Waals surface area contributed by atoms with Crippen LogP contribution < -0.4 is 5.73 Å². The highest BCUT2D eigenvalue weighted by Crippen LogP contribution is 2.17. The molecular weight excluding hydrogens is 176 g/mol. The minimum Gasteiger partial charge on any atom is -0.360 e. The molecule has 4 nitrogen and oxygen atoms in total. The summed E-state index contributed by atoms with van der Waals surface area (Å²) in [6, 6.07) is 6.08. The maximum atomic E-state index is 5.48. The summed E-state index contributed by atoms with van der Waals surface area (Å²) in [5.41, 5.74) is 8.70. The van der Waals surface area contributed by atoms with Gasteiger partial charge < -0.3 is 10.7 Å². The van der Waals surface area contributed by atoms with Gasteiger partial charge in [-0.2, -0.15) is 5.10 Å². The number of nitrogens with two attached hydrogens (primary N) is 1. The van der Waals surface area contributed by atoms with Crippen LogP contribution in [0.3, 0.4) is 0 Å². The molecule has 14 heavy (non-hydrogen) atoms. The largest absolute Gasteiger partial charge is 0.360 e. The van der Waals surface area contributed by atoms with E-state index in [1.165, 1.54) is 0 Å². The van der Waals surface area contributed by atoms with E-state index in [2.05, 4.69) is 16.1 Å². The Balaban J connectivity index is 2.35. The third-order valence-electron chi connectivity index (χ3n) is 2.20. The summed E-state index contributed by atoms with van der Waals surface area (Å²) in [5.74, 6) is 0. The van der Waals surface area contributed by atoms with Crippen molar-refractivity contribution in [2.24, 2.45) is 12.8 Å². The lowest BCUT2D eigenvalue weighted by molar-refractivity contribution is 0.744. The number of rotatable bonds is 3. The smallest absolute Gasteiger partial charge is 0.0844 e. The zero-order valence-electron chi connectivity index (χ0n) is 8.20. The molecule has 0 aliphatic carbocycles. The van der Waals surface area contributed by atoms with Crippen LogP contribution in [0.25, 0.3) is 11.4 Å². The first-order chi connectivity index (χ1) is 6.81. The highest BCUT2D eigenvalue weighted by Gasteiger charge is 2.06. The third kappa shape index (κ3) is 1.56. The fraction of sp³-hybridized carbons (Fsp3) is 0.300. The normalized spacial score (nSPS) is 10.7. The van der Waals surface area contributed by atoms with Gasteiger partial charge in [0, 0.05) is 19.7 Å². The molecule has 0 spiro atoms. The van der Waals surface area contributed by atoms with Crippen molar-refractivity contribution >= 4 is 0 Å². The van der Waals surface area contributed by atoms with Gasteiger partial charge in [0.25, 0.3) is 0 Å². The Morgan fingerprint density at radius 3 is 3.07 bits per heavy atom. The number of nitrogens with one attached hydrogen (secondary N) is 1. The zero-order valence-corrected chi connectivity index (χ0v) is 8.20. The maximum Gasteiger partial charge on any atom is 0.0844 e. The van der Waals surface area contributed by atoms with Crippen LogP contribution in [0.5, 0.6) is 0 Å². The maximum absolute atomic E-state index is 5.48. The van der Waals surface area contributed by atoms with Gasteiger partial charge in [-0.3, -0.25) is 4.68 Å². The van der Waals surface area contributed by atoms with Gasteiger partial charge in [-0.05, 0) is 24.7 Å². The van der Waals surface area contributed by atoms with Gasteiger partial charge in [0.15, 0.2) is 0 Å². The van der Waals surface area contributed by atoms with Gasteiger partial charge in [-0.25, -0.2) is 0 Å². The molecule has 0 atom stereocenters. The summed E-state index contributed by atoms with van der Waals surface area (Å²) in [7, 11) is 1.94. The molecule has 0 amide bonds. The first-order valence-corrected chi connectivity index (χ1v) is 4.68. The summed E-state index contributed by atoms with van der Waals surface area (Å²) in [6.45, 7) is 0.640. The number of nitrogens with zero attached hydrogens (tertiary/aromatic N) is 2. The number of aromatic nitrogens is 3. The molecule has 74 valence electrons. The number of hydrogen-bond acceptors (Lipinski definition) is 2. The first-order valence-electron chi connectivity index (χ1n) is 4.68. The quantitative estimate of drug-likeness (QED) is 0.756. The van der Waals surface area contributed by atoms with Crippen LogP contribution in [0.1, 0.15) is 5.69 Å². The van der Waals surface area contributed by atoms with Crippen LogP contribution >= 0.6 is 0 Å². The average molecular weight is 190 g/mol. The molecule has 4 heteroatoms. The van der Waals surface area contributed by atoms with Crippen molar-refractivity contribution in [3.63, 3.8) is 0 Å². The number of aryl methyl sites for hydroxylation is 1. The Bertz CT molecular complexity index is 400. The van der Waals surface area contributed by atoms with E-state index in [0.717, 1.165) is 23.5 Å². The van der Waals surface area contributed by atoms with Gasteiger partial charge in [-0.15, -0.1) is 0 Å². The van der Waals surface area contributed by atoms with Crippen LogP contribution in [-0.2, 0) is 13.5 Å². The predicted molar refractivity (Wildman–Crippen MR) is 55.8 cm³/mol. The lowest BCUT2D eigenvalue weighted by Crippen LogP contribution is -2.03. The molecule has 2 heterocycles. The average Bonchev–Trinajstić information content (AvgIpc) is 2.74. The molecule has 2 aromatic rings. The van der Waals surface area contributed by atoms with Crippen LogP contribution in [0.15, 0.2) is 24.4 Å². The zero-order chi connectivity index (χ0) is 9.97. The summed E-state index contributed by atoms with van der Waals surface area (Å²) in [5, 5.41) is 4.37. The molecule has 2 rings (SSSR count). The van der Waals surface area contributed by atoms with E-state index >= 15 is 0 Å².